The second kappa shape index (κ2) is 11.0. The lowest BCUT2D eigenvalue weighted by Crippen LogP contribution is -2.05. The molecule has 2 aromatic rings. The number of nitrogens with zero attached hydrogens (tertiary/aromatic N) is 1. The number of alkyl halides is 4. The fraction of sp³-hybridized carbons (Fsp3) is 0.188. The molecule has 2 rings (SSSR count). The molecule has 0 amide bonds. The van der Waals surface area contributed by atoms with Gasteiger partial charge in [-0.25, -0.2) is 16.8 Å². The molecular formula is C16H12ClF4NO6S2. The van der Waals surface area contributed by atoms with Crippen LogP contribution in [0.1, 0.15) is 0 Å². The molecule has 30 heavy (non-hydrogen) atoms. The van der Waals surface area contributed by atoms with E-state index in [4.69, 9.17) is 15.9 Å². The molecule has 0 aliphatic carbocycles. The minimum Gasteiger partial charge on any atom is -0.435 e. The van der Waals surface area contributed by atoms with Gasteiger partial charge in [0.2, 0.25) is 0 Å². The zero-order valence-electron chi connectivity index (χ0n) is 14.6. The molecular weight excluding hydrogens is 478 g/mol. The Morgan fingerprint density at radius 2 is 1.17 bits per heavy atom. The lowest BCUT2D eigenvalue weighted by Gasteiger charge is -2.05. The first-order chi connectivity index (χ1) is 13.8. The van der Waals surface area contributed by atoms with Crippen molar-refractivity contribution >= 4 is 29.6 Å². The van der Waals surface area contributed by atoms with Gasteiger partial charge in [-0.05, 0) is 48.5 Å². The first-order valence-corrected chi connectivity index (χ1v) is 11.5. The summed E-state index contributed by atoms with van der Waals surface area (Å²) in [5, 5.41) is 8.28. The summed E-state index contributed by atoms with van der Waals surface area (Å²) in [5.41, 5.74) is 0. The maximum absolute atomic E-state index is 11.8. The molecule has 14 heteroatoms. The third-order valence-corrected chi connectivity index (χ3v) is 5.86. The highest BCUT2D eigenvalue weighted by Gasteiger charge is 2.14. The van der Waals surface area contributed by atoms with Gasteiger partial charge in [0.25, 0.3) is 9.05 Å². The molecule has 0 radical (unpaired) electrons. The Kier molecular flexibility index (Phi) is 9.34. The monoisotopic (exact) mass is 489 g/mol. The van der Waals surface area contributed by atoms with E-state index in [-0.39, 0.29) is 21.3 Å². The molecule has 0 fully saturated rings. The van der Waals surface area contributed by atoms with Crippen molar-refractivity contribution in [2.24, 2.45) is 0 Å². The number of nitriles is 1. The molecule has 0 aliphatic heterocycles. The van der Waals surface area contributed by atoms with E-state index in [1.165, 1.54) is 6.07 Å². The highest BCUT2D eigenvalue weighted by molar-refractivity contribution is 8.13. The number of hydrogen-bond acceptors (Lipinski definition) is 7. The van der Waals surface area contributed by atoms with Crippen LogP contribution in [0.15, 0.2) is 58.3 Å². The number of ether oxygens (including phenoxy) is 2. The van der Waals surface area contributed by atoms with Crippen molar-refractivity contribution in [2.45, 2.75) is 23.0 Å². The lowest BCUT2D eigenvalue weighted by molar-refractivity contribution is -0.0505. The predicted octanol–water partition coefficient (Wildman–Crippen LogP) is 3.80. The Morgan fingerprint density at radius 1 is 0.800 bits per heavy atom. The summed E-state index contributed by atoms with van der Waals surface area (Å²) in [7, 11) is -2.48. The van der Waals surface area contributed by atoms with Crippen molar-refractivity contribution in [3.8, 4) is 17.6 Å². The molecule has 0 saturated carbocycles. The van der Waals surface area contributed by atoms with Crippen LogP contribution in [0.3, 0.4) is 0 Å². The standard InChI is InChI=1S/C9H7F2NO3S.C7H5ClF2O3S/c10-9(11)15-7-1-3-8(4-2-7)16(13,14)6-5-12;8-14(11,12)6-3-1-5(2-4-6)13-7(9)10/h1-4,9H,6H2;1-4,7H. The topological polar surface area (TPSA) is 111 Å². The highest BCUT2D eigenvalue weighted by Crippen LogP contribution is 2.20. The van der Waals surface area contributed by atoms with E-state index in [1.54, 1.807) is 0 Å². The van der Waals surface area contributed by atoms with Gasteiger partial charge in [-0.3, -0.25) is 0 Å². The molecule has 7 nitrogen and oxygen atoms in total. The highest BCUT2D eigenvalue weighted by atomic mass is 35.7. The number of hydrogen-bond donors (Lipinski definition) is 0. The van der Waals surface area contributed by atoms with Crippen LogP contribution < -0.4 is 9.47 Å². The Balaban J connectivity index is 0.000000303. The summed E-state index contributed by atoms with van der Waals surface area (Å²) in [6.07, 6.45) is 0. The van der Waals surface area contributed by atoms with Gasteiger partial charge in [-0.1, -0.05) is 0 Å². The average molecular weight is 490 g/mol. The van der Waals surface area contributed by atoms with Crippen LogP contribution in [0, 0.1) is 11.3 Å². The Bertz CT molecular complexity index is 1070. The third kappa shape index (κ3) is 8.85. The minimum absolute atomic E-state index is 0.101. The molecule has 164 valence electrons. The molecule has 0 heterocycles. The van der Waals surface area contributed by atoms with E-state index in [2.05, 4.69) is 9.47 Å². The van der Waals surface area contributed by atoms with Crippen molar-refractivity contribution in [1.29, 1.82) is 5.26 Å². The van der Waals surface area contributed by atoms with Crippen molar-refractivity contribution in [2.75, 3.05) is 5.75 Å². The van der Waals surface area contributed by atoms with Crippen LogP contribution in [0.2, 0.25) is 0 Å². The fourth-order valence-corrected chi connectivity index (χ4v) is 3.44. The first-order valence-electron chi connectivity index (χ1n) is 7.49. The van der Waals surface area contributed by atoms with Gasteiger partial charge >= 0.3 is 13.2 Å². The summed E-state index contributed by atoms with van der Waals surface area (Å²) < 4.78 is 99.2. The fourth-order valence-electron chi connectivity index (χ4n) is 1.78. The van der Waals surface area contributed by atoms with Crippen molar-refractivity contribution in [1.82, 2.24) is 0 Å². The van der Waals surface area contributed by atoms with Crippen LogP contribution in [0.5, 0.6) is 11.5 Å². The smallest absolute Gasteiger partial charge is 0.387 e. The van der Waals surface area contributed by atoms with Gasteiger partial charge in [-0.2, -0.15) is 22.8 Å². The summed E-state index contributed by atoms with van der Waals surface area (Å²) in [4.78, 5) is -0.267. The second-order valence-corrected chi connectivity index (χ2v) is 9.61. The van der Waals surface area contributed by atoms with E-state index >= 15 is 0 Å². The van der Waals surface area contributed by atoms with Crippen molar-refractivity contribution < 1.29 is 43.9 Å². The Labute approximate surface area is 173 Å². The van der Waals surface area contributed by atoms with Gasteiger partial charge in [0.15, 0.2) is 9.84 Å². The zero-order chi connectivity index (χ0) is 22.9. The summed E-state index contributed by atoms with van der Waals surface area (Å²) >= 11 is 0. The normalized spacial score (nSPS) is 11.4. The maximum Gasteiger partial charge on any atom is 0.387 e. The van der Waals surface area contributed by atoms with Crippen LogP contribution in [0.4, 0.5) is 17.6 Å². The molecule has 0 bridgehead atoms. The van der Waals surface area contributed by atoms with Gasteiger partial charge in [0.05, 0.1) is 15.9 Å². The summed E-state index contributed by atoms with van der Waals surface area (Å²) in [5.74, 6) is -0.905. The Hall–Kier alpha value is -2.56. The molecule has 0 spiro atoms. The van der Waals surface area contributed by atoms with E-state index in [1.807, 2.05) is 0 Å². The number of sulfone groups is 1. The SMILES string of the molecule is N#CCS(=O)(=O)c1ccc(OC(F)F)cc1.O=S(=O)(Cl)c1ccc(OC(F)F)cc1. The molecule has 2 aromatic carbocycles. The maximum atomic E-state index is 11.8. The average Bonchev–Trinajstić information content (AvgIpc) is 2.61. The van der Waals surface area contributed by atoms with Gasteiger partial charge < -0.3 is 9.47 Å². The first kappa shape index (κ1) is 25.5. The zero-order valence-corrected chi connectivity index (χ0v) is 17.0. The van der Waals surface area contributed by atoms with E-state index in [0.29, 0.717) is 0 Å². The Morgan fingerprint density at radius 3 is 1.47 bits per heavy atom. The predicted molar refractivity (Wildman–Crippen MR) is 96.9 cm³/mol. The van der Waals surface area contributed by atoms with Gasteiger partial charge in [0.1, 0.15) is 17.3 Å². The van der Waals surface area contributed by atoms with E-state index in [0.717, 1.165) is 48.5 Å². The molecule has 0 N–H and O–H groups in total. The van der Waals surface area contributed by atoms with Crippen LogP contribution in [-0.2, 0) is 18.9 Å². The van der Waals surface area contributed by atoms with Gasteiger partial charge in [0, 0.05) is 10.7 Å². The van der Waals surface area contributed by atoms with E-state index < -0.39 is 37.9 Å². The molecule has 0 unspecified atom stereocenters. The largest absolute Gasteiger partial charge is 0.435 e. The van der Waals surface area contributed by atoms with Gasteiger partial charge in [-0.15, -0.1) is 0 Å². The number of benzene rings is 2. The third-order valence-electron chi connectivity index (χ3n) is 2.99. The summed E-state index contributed by atoms with van der Waals surface area (Å²) in [6.45, 7) is -5.89. The second-order valence-electron chi connectivity index (χ2n) is 5.05. The number of halogens is 5. The molecule has 0 aromatic heterocycles. The summed E-state index contributed by atoms with van der Waals surface area (Å²) in [6, 6.07) is 10.3. The molecule has 0 aliphatic rings. The number of rotatable bonds is 7. The quantitative estimate of drug-likeness (QED) is 0.429. The van der Waals surface area contributed by atoms with Crippen LogP contribution in [0.25, 0.3) is 0 Å². The van der Waals surface area contributed by atoms with Crippen molar-refractivity contribution in [3.63, 3.8) is 0 Å². The molecule has 0 saturated heterocycles. The van der Waals surface area contributed by atoms with Crippen LogP contribution >= 0.6 is 10.7 Å². The molecule has 0 atom stereocenters. The minimum atomic E-state index is -3.82. The van der Waals surface area contributed by atoms with E-state index in [9.17, 15) is 34.4 Å². The lowest BCUT2D eigenvalue weighted by atomic mass is 10.3. The van der Waals surface area contributed by atoms with Crippen LogP contribution in [-0.4, -0.2) is 35.8 Å². The van der Waals surface area contributed by atoms with Crippen molar-refractivity contribution in [3.05, 3.63) is 48.5 Å².